The van der Waals surface area contributed by atoms with Gasteiger partial charge in [-0.25, -0.2) is 0 Å². The van der Waals surface area contributed by atoms with Gasteiger partial charge in [-0.15, -0.1) is 0 Å². The van der Waals surface area contributed by atoms with E-state index < -0.39 is 11.8 Å². The molecular weight excluding hydrogens is 424 g/mol. The van der Waals surface area contributed by atoms with Crippen molar-refractivity contribution in [3.63, 3.8) is 0 Å². The van der Waals surface area contributed by atoms with Crippen molar-refractivity contribution in [2.24, 2.45) is 0 Å². The molecule has 1 aliphatic heterocycles. The Balaban J connectivity index is 1.81. The monoisotopic (exact) mass is 438 g/mol. The van der Waals surface area contributed by atoms with Gasteiger partial charge in [0.25, 0.3) is 11.8 Å². The second-order valence-electron chi connectivity index (χ2n) is 6.89. The van der Waals surface area contributed by atoms with Gasteiger partial charge < -0.3 is 4.42 Å². The number of fused-ring (bicyclic) bond motifs is 1. The van der Waals surface area contributed by atoms with E-state index in [1.807, 2.05) is 13.8 Å². The number of carbonyl (C=O) groups is 2. The second-order valence-corrected chi connectivity index (χ2v) is 7.71. The zero-order chi connectivity index (χ0) is 21.6. The number of benzene rings is 2. The highest BCUT2D eigenvalue weighted by molar-refractivity contribution is 7.80. The minimum Gasteiger partial charge on any atom is -0.463 e. The highest BCUT2D eigenvalue weighted by Gasteiger charge is 2.34. The van der Waals surface area contributed by atoms with E-state index in [0.717, 1.165) is 11.1 Å². The SMILES string of the molecule is Cc1cc2occ(/C=C3/C(=O)NC(=S)N(c4ccc(Cl)cc4)C3=O)c(=O)c2cc1C. The molecule has 1 aromatic heterocycles. The van der Waals surface area contributed by atoms with Crippen LogP contribution in [-0.4, -0.2) is 16.9 Å². The number of anilines is 1. The number of carbonyl (C=O) groups excluding carboxylic acids is 2. The molecule has 4 rings (SSSR count). The first-order valence-corrected chi connectivity index (χ1v) is 9.74. The maximum Gasteiger partial charge on any atom is 0.270 e. The highest BCUT2D eigenvalue weighted by Crippen LogP contribution is 2.24. The van der Waals surface area contributed by atoms with Gasteiger partial charge in [-0.05, 0) is 79.7 Å². The number of rotatable bonds is 2. The molecule has 6 nitrogen and oxygen atoms in total. The van der Waals surface area contributed by atoms with Crippen molar-refractivity contribution in [3.05, 3.63) is 80.2 Å². The van der Waals surface area contributed by atoms with Gasteiger partial charge in [-0.1, -0.05) is 11.6 Å². The molecule has 3 aromatic rings. The third-order valence-electron chi connectivity index (χ3n) is 4.90. The van der Waals surface area contributed by atoms with Crippen LogP contribution >= 0.6 is 23.8 Å². The molecule has 0 atom stereocenters. The van der Waals surface area contributed by atoms with Gasteiger partial charge in [0.15, 0.2) is 10.5 Å². The van der Waals surface area contributed by atoms with E-state index in [1.54, 1.807) is 36.4 Å². The summed E-state index contributed by atoms with van der Waals surface area (Å²) in [6.07, 6.45) is 2.47. The van der Waals surface area contributed by atoms with E-state index in [9.17, 15) is 14.4 Å². The van der Waals surface area contributed by atoms with E-state index in [1.165, 1.54) is 17.2 Å². The zero-order valence-corrected chi connectivity index (χ0v) is 17.6. The predicted octanol–water partition coefficient (Wildman–Crippen LogP) is 3.89. The smallest absolute Gasteiger partial charge is 0.270 e. The van der Waals surface area contributed by atoms with Gasteiger partial charge in [0, 0.05) is 5.02 Å². The van der Waals surface area contributed by atoms with Crippen LogP contribution in [0.2, 0.25) is 5.02 Å². The lowest BCUT2D eigenvalue weighted by Gasteiger charge is -2.28. The molecule has 1 aliphatic rings. The number of nitrogens with one attached hydrogen (secondary N) is 1. The number of thiocarbonyl (C=S) groups is 1. The van der Waals surface area contributed by atoms with Crippen LogP contribution in [0.4, 0.5) is 5.69 Å². The van der Waals surface area contributed by atoms with Gasteiger partial charge >= 0.3 is 0 Å². The third kappa shape index (κ3) is 3.42. The fourth-order valence-corrected chi connectivity index (χ4v) is 3.54. The summed E-state index contributed by atoms with van der Waals surface area (Å²) in [5.74, 6) is -1.33. The Kier molecular flexibility index (Phi) is 5.01. The van der Waals surface area contributed by atoms with E-state index >= 15 is 0 Å². The molecule has 0 unspecified atom stereocenters. The Morgan fingerprint density at radius 2 is 1.73 bits per heavy atom. The van der Waals surface area contributed by atoms with E-state index in [-0.39, 0.29) is 21.7 Å². The average molecular weight is 439 g/mol. The molecule has 8 heteroatoms. The van der Waals surface area contributed by atoms with Gasteiger partial charge in [0.1, 0.15) is 17.4 Å². The number of aryl methyl sites for hydroxylation is 2. The normalized spacial score (nSPS) is 15.8. The van der Waals surface area contributed by atoms with E-state index in [4.69, 9.17) is 28.2 Å². The molecule has 2 aromatic carbocycles. The minimum atomic E-state index is -0.685. The summed E-state index contributed by atoms with van der Waals surface area (Å²) in [5.41, 5.74) is 2.34. The number of nitrogens with zero attached hydrogens (tertiary/aromatic N) is 1. The maximum absolute atomic E-state index is 13.1. The standard InChI is InChI=1S/C22H15ClN2O4S/c1-11-7-16-18(8-12(11)2)29-10-13(19(16)26)9-17-20(27)24-22(30)25(21(17)28)15-5-3-14(23)4-6-15/h3-10H,1-2H3,(H,24,27,30)/b17-9-. The topological polar surface area (TPSA) is 79.6 Å². The average Bonchev–Trinajstić information content (AvgIpc) is 2.69. The largest absolute Gasteiger partial charge is 0.463 e. The van der Waals surface area contributed by atoms with Crippen LogP contribution in [-0.2, 0) is 9.59 Å². The quantitative estimate of drug-likeness (QED) is 0.373. The maximum atomic E-state index is 13.1. The lowest BCUT2D eigenvalue weighted by Crippen LogP contribution is -2.54. The fraction of sp³-hybridized carbons (Fsp3) is 0.0909. The third-order valence-corrected chi connectivity index (χ3v) is 5.44. The molecule has 0 bridgehead atoms. The molecule has 30 heavy (non-hydrogen) atoms. The summed E-state index contributed by atoms with van der Waals surface area (Å²) >= 11 is 11.1. The Hall–Kier alpha value is -3.29. The lowest BCUT2D eigenvalue weighted by molar-refractivity contribution is -0.122. The highest BCUT2D eigenvalue weighted by atomic mass is 35.5. The molecule has 0 saturated carbocycles. The van der Waals surface area contributed by atoms with Crippen molar-refractivity contribution in [3.8, 4) is 0 Å². The Labute approximate surface area is 181 Å². The van der Waals surface area contributed by atoms with Crippen molar-refractivity contribution in [1.82, 2.24) is 5.32 Å². The molecule has 1 N–H and O–H groups in total. The van der Waals surface area contributed by atoms with Gasteiger partial charge in [-0.2, -0.15) is 0 Å². The van der Waals surface area contributed by atoms with Crippen LogP contribution in [0.5, 0.6) is 0 Å². The first-order chi connectivity index (χ1) is 14.3. The Morgan fingerprint density at radius 1 is 1.07 bits per heavy atom. The zero-order valence-electron chi connectivity index (χ0n) is 16.0. The van der Waals surface area contributed by atoms with Crippen LogP contribution < -0.4 is 15.6 Å². The summed E-state index contributed by atoms with van der Waals surface area (Å²) in [7, 11) is 0. The number of hydrogen-bond donors (Lipinski definition) is 1. The summed E-state index contributed by atoms with van der Waals surface area (Å²) in [6.45, 7) is 3.81. The van der Waals surface area contributed by atoms with Crippen molar-refractivity contribution in [2.75, 3.05) is 4.90 Å². The molecular formula is C22H15ClN2O4S. The van der Waals surface area contributed by atoms with Crippen LogP contribution in [0.15, 0.2) is 57.4 Å². The molecule has 150 valence electrons. The van der Waals surface area contributed by atoms with Crippen LogP contribution in [0.1, 0.15) is 16.7 Å². The molecule has 2 heterocycles. The molecule has 1 fully saturated rings. The minimum absolute atomic E-state index is 0.0545. The summed E-state index contributed by atoms with van der Waals surface area (Å²) in [6, 6.07) is 9.94. The van der Waals surface area contributed by atoms with Crippen molar-refractivity contribution < 1.29 is 14.0 Å². The predicted molar refractivity (Wildman–Crippen MR) is 120 cm³/mol. The van der Waals surface area contributed by atoms with E-state index in [2.05, 4.69) is 5.32 Å². The lowest BCUT2D eigenvalue weighted by atomic mass is 10.0. The van der Waals surface area contributed by atoms with Crippen molar-refractivity contribution in [1.29, 1.82) is 0 Å². The Bertz CT molecular complexity index is 1330. The van der Waals surface area contributed by atoms with Crippen molar-refractivity contribution >= 4 is 63.5 Å². The van der Waals surface area contributed by atoms with Crippen LogP contribution in [0.3, 0.4) is 0 Å². The van der Waals surface area contributed by atoms with Gasteiger partial charge in [0.2, 0.25) is 0 Å². The first-order valence-electron chi connectivity index (χ1n) is 8.96. The first kappa shape index (κ1) is 20.0. The number of halogens is 1. The number of amides is 2. The molecule has 2 amide bonds. The summed E-state index contributed by atoms with van der Waals surface area (Å²) < 4.78 is 5.58. The van der Waals surface area contributed by atoms with E-state index in [0.29, 0.717) is 21.7 Å². The number of hydrogen-bond acceptors (Lipinski definition) is 5. The second kappa shape index (κ2) is 7.51. The molecule has 0 aliphatic carbocycles. The van der Waals surface area contributed by atoms with Crippen LogP contribution in [0, 0.1) is 13.8 Å². The fourth-order valence-electron chi connectivity index (χ4n) is 3.14. The van der Waals surface area contributed by atoms with Crippen molar-refractivity contribution in [2.45, 2.75) is 13.8 Å². The van der Waals surface area contributed by atoms with Crippen LogP contribution in [0.25, 0.3) is 17.0 Å². The van der Waals surface area contributed by atoms with Gasteiger partial charge in [-0.3, -0.25) is 24.6 Å². The van der Waals surface area contributed by atoms with Gasteiger partial charge in [0.05, 0.1) is 16.6 Å². The molecule has 0 radical (unpaired) electrons. The Morgan fingerprint density at radius 3 is 2.43 bits per heavy atom. The molecule has 1 saturated heterocycles. The summed E-state index contributed by atoms with van der Waals surface area (Å²) in [4.78, 5) is 39.6. The summed E-state index contributed by atoms with van der Waals surface area (Å²) in [5, 5.41) is 3.30. The molecule has 0 spiro atoms.